The first-order chi connectivity index (χ1) is 7.56. The second kappa shape index (κ2) is 4.17. The van der Waals surface area contributed by atoms with Crippen molar-refractivity contribution in [2.45, 2.75) is 26.8 Å². The molecule has 4 nitrogen and oxygen atoms in total. The molecular weight excluding hydrogens is 222 g/mol. The highest BCUT2D eigenvalue weighted by atomic mass is 32.1. The van der Waals surface area contributed by atoms with Crippen molar-refractivity contribution in [2.75, 3.05) is 11.1 Å². The van der Waals surface area contributed by atoms with Gasteiger partial charge in [-0.1, -0.05) is 11.3 Å². The molecule has 0 saturated heterocycles. The van der Waals surface area contributed by atoms with Crippen LogP contribution in [-0.2, 0) is 0 Å². The lowest BCUT2D eigenvalue weighted by Gasteiger charge is -2.11. The normalized spacial score (nSPS) is 12.7. The Morgan fingerprint density at radius 1 is 1.50 bits per heavy atom. The molecule has 1 atom stereocenters. The van der Waals surface area contributed by atoms with E-state index >= 15 is 0 Å². The number of aryl methyl sites for hydroxylation is 2. The molecule has 5 heteroatoms. The number of anilines is 2. The van der Waals surface area contributed by atoms with Crippen LogP contribution in [0.3, 0.4) is 0 Å². The van der Waals surface area contributed by atoms with Crippen molar-refractivity contribution in [1.29, 1.82) is 0 Å². The van der Waals surface area contributed by atoms with Crippen molar-refractivity contribution < 1.29 is 4.42 Å². The zero-order valence-corrected chi connectivity index (χ0v) is 10.4. The second-order valence-corrected chi connectivity index (χ2v) is 4.86. The summed E-state index contributed by atoms with van der Waals surface area (Å²) in [5.74, 6) is 1.88. The Balaban J connectivity index is 2.14. The molecule has 0 saturated carbocycles. The molecule has 0 aliphatic rings. The van der Waals surface area contributed by atoms with Crippen molar-refractivity contribution in [3.05, 3.63) is 29.3 Å². The molecule has 1 unspecified atom stereocenters. The van der Waals surface area contributed by atoms with E-state index in [9.17, 15) is 0 Å². The lowest BCUT2D eigenvalue weighted by Crippen LogP contribution is -2.06. The van der Waals surface area contributed by atoms with Gasteiger partial charge in [0.1, 0.15) is 16.5 Å². The van der Waals surface area contributed by atoms with E-state index in [0.717, 1.165) is 27.2 Å². The topological polar surface area (TPSA) is 64.1 Å². The zero-order chi connectivity index (χ0) is 11.7. The average molecular weight is 237 g/mol. The van der Waals surface area contributed by atoms with Gasteiger partial charge in [0.05, 0.1) is 12.2 Å². The number of nitrogens with zero attached hydrogens (tertiary/aromatic N) is 1. The summed E-state index contributed by atoms with van der Waals surface area (Å²) in [6, 6.07) is 2.22. The number of nitrogens with two attached hydrogens (primary N) is 1. The third-order valence-electron chi connectivity index (χ3n) is 2.41. The van der Waals surface area contributed by atoms with Crippen LogP contribution in [0.4, 0.5) is 10.1 Å². The van der Waals surface area contributed by atoms with Gasteiger partial charge in [0.25, 0.3) is 0 Å². The average Bonchev–Trinajstić information content (AvgIpc) is 2.73. The summed E-state index contributed by atoms with van der Waals surface area (Å²) in [5, 5.41) is 4.85. The Hall–Kier alpha value is -1.49. The number of thiazole rings is 1. The Kier molecular flexibility index (Phi) is 2.87. The van der Waals surface area contributed by atoms with Gasteiger partial charge in [-0.25, -0.2) is 4.98 Å². The summed E-state index contributed by atoms with van der Waals surface area (Å²) in [7, 11) is 0. The molecule has 0 spiro atoms. The number of hydrogen-bond donors (Lipinski definition) is 2. The molecule has 0 fully saturated rings. The molecule has 0 aromatic carbocycles. The van der Waals surface area contributed by atoms with Gasteiger partial charge in [0.15, 0.2) is 5.13 Å². The van der Waals surface area contributed by atoms with Crippen LogP contribution in [0.5, 0.6) is 0 Å². The molecular formula is C11H15N3OS. The number of nitrogen functional groups attached to an aromatic ring is 1. The maximum atomic E-state index is 5.62. The first-order valence-corrected chi connectivity index (χ1v) is 5.92. The predicted molar refractivity (Wildman–Crippen MR) is 66.7 cm³/mol. The van der Waals surface area contributed by atoms with Gasteiger partial charge in [0, 0.05) is 5.56 Å². The van der Waals surface area contributed by atoms with Crippen LogP contribution in [0.15, 0.2) is 16.7 Å². The summed E-state index contributed by atoms with van der Waals surface area (Å²) in [6.45, 7) is 6.00. The fraction of sp³-hybridized carbons (Fsp3) is 0.364. The first kappa shape index (κ1) is 11.0. The Labute approximate surface area is 98.5 Å². The fourth-order valence-corrected chi connectivity index (χ4v) is 2.37. The lowest BCUT2D eigenvalue weighted by molar-refractivity contribution is 0.500. The minimum Gasteiger partial charge on any atom is -0.466 e. The van der Waals surface area contributed by atoms with E-state index in [1.807, 2.05) is 19.9 Å². The van der Waals surface area contributed by atoms with Crippen molar-refractivity contribution in [3.63, 3.8) is 0 Å². The van der Waals surface area contributed by atoms with Crippen LogP contribution in [0.25, 0.3) is 0 Å². The molecule has 3 N–H and O–H groups in total. The van der Waals surface area contributed by atoms with Crippen molar-refractivity contribution in [3.8, 4) is 0 Å². The van der Waals surface area contributed by atoms with E-state index in [0.29, 0.717) is 0 Å². The van der Waals surface area contributed by atoms with Crippen molar-refractivity contribution >= 4 is 21.5 Å². The monoisotopic (exact) mass is 237 g/mol. The van der Waals surface area contributed by atoms with E-state index in [1.54, 1.807) is 6.20 Å². The molecule has 86 valence electrons. The molecule has 0 amide bonds. The molecule has 16 heavy (non-hydrogen) atoms. The van der Waals surface area contributed by atoms with E-state index in [-0.39, 0.29) is 6.04 Å². The van der Waals surface area contributed by atoms with Gasteiger partial charge >= 0.3 is 0 Å². The first-order valence-electron chi connectivity index (χ1n) is 5.11. The summed E-state index contributed by atoms with van der Waals surface area (Å²) < 4.78 is 5.50. The van der Waals surface area contributed by atoms with Crippen LogP contribution in [-0.4, -0.2) is 4.98 Å². The number of aromatic nitrogens is 1. The van der Waals surface area contributed by atoms with Crippen molar-refractivity contribution in [1.82, 2.24) is 4.98 Å². The quantitative estimate of drug-likeness (QED) is 0.861. The van der Waals surface area contributed by atoms with E-state index in [2.05, 4.69) is 17.2 Å². The molecule has 2 rings (SSSR count). The Morgan fingerprint density at radius 2 is 2.25 bits per heavy atom. The van der Waals surface area contributed by atoms with E-state index < -0.39 is 0 Å². The van der Waals surface area contributed by atoms with Gasteiger partial charge in [0.2, 0.25) is 0 Å². The molecule has 2 aromatic heterocycles. The standard InChI is InChI=1S/C11H15N3OS/c1-6-4-9(8(3)15-6)7(2)14-11-13-5-10(12)16-11/h4-5,7H,12H2,1-3H3,(H,13,14). The Morgan fingerprint density at radius 3 is 2.75 bits per heavy atom. The minimum atomic E-state index is 0.169. The molecule has 0 bridgehead atoms. The highest BCUT2D eigenvalue weighted by molar-refractivity contribution is 7.19. The highest BCUT2D eigenvalue weighted by Crippen LogP contribution is 2.27. The van der Waals surface area contributed by atoms with Gasteiger partial charge in [-0.15, -0.1) is 0 Å². The van der Waals surface area contributed by atoms with Gasteiger partial charge in [-0.2, -0.15) is 0 Å². The summed E-state index contributed by atoms with van der Waals surface area (Å²) >= 11 is 1.45. The van der Waals surface area contributed by atoms with E-state index in [1.165, 1.54) is 11.3 Å². The van der Waals surface area contributed by atoms with Crippen LogP contribution in [0, 0.1) is 13.8 Å². The van der Waals surface area contributed by atoms with E-state index in [4.69, 9.17) is 10.2 Å². The maximum Gasteiger partial charge on any atom is 0.185 e. The minimum absolute atomic E-state index is 0.169. The number of rotatable bonds is 3. The number of furan rings is 1. The molecule has 2 aromatic rings. The van der Waals surface area contributed by atoms with Gasteiger partial charge in [-0.3, -0.25) is 0 Å². The fourth-order valence-electron chi connectivity index (χ4n) is 1.70. The number of hydrogen-bond acceptors (Lipinski definition) is 5. The largest absolute Gasteiger partial charge is 0.466 e. The Bertz CT molecular complexity index is 489. The van der Waals surface area contributed by atoms with Crippen LogP contribution in [0.1, 0.15) is 30.0 Å². The maximum absolute atomic E-state index is 5.62. The summed E-state index contributed by atoms with van der Waals surface area (Å²) in [4.78, 5) is 4.17. The smallest absolute Gasteiger partial charge is 0.185 e. The zero-order valence-electron chi connectivity index (χ0n) is 9.57. The third kappa shape index (κ3) is 2.19. The number of nitrogens with one attached hydrogen (secondary N) is 1. The molecule has 0 radical (unpaired) electrons. The lowest BCUT2D eigenvalue weighted by atomic mass is 10.1. The van der Waals surface area contributed by atoms with Crippen LogP contribution in [0.2, 0.25) is 0 Å². The van der Waals surface area contributed by atoms with Gasteiger partial charge in [-0.05, 0) is 26.8 Å². The molecule has 0 aliphatic heterocycles. The third-order valence-corrected chi connectivity index (χ3v) is 3.17. The summed E-state index contributed by atoms with van der Waals surface area (Å²) in [6.07, 6.45) is 1.66. The molecule has 0 aliphatic carbocycles. The predicted octanol–water partition coefficient (Wildman–Crippen LogP) is 3.11. The van der Waals surface area contributed by atoms with Gasteiger partial charge < -0.3 is 15.5 Å². The summed E-state index contributed by atoms with van der Waals surface area (Å²) in [5.41, 5.74) is 6.78. The highest BCUT2D eigenvalue weighted by Gasteiger charge is 2.13. The van der Waals surface area contributed by atoms with Crippen molar-refractivity contribution in [2.24, 2.45) is 0 Å². The molecule has 2 heterocycles. The second-order valence-electron chi connectivity index (χ2n) is 3.80. The van der Waals surface area contributed by atoms with Crippen LogP contribution >= 0.6 is 11.3 Å². The van der Waals surface area contributed by atoms with Crippen LogP contribution < -0.4 is 11.1 Å². The SMILES string of the molecule is Cc1cc(C(C)Nc2ncc(N)s2)c(C)o1.